The standard InChI is InChI=1S/C9H17NO2S/c1-7(9(11)12)10(2)5-8-3-4-13-6-8/h7-8H,3-6H2,1-2H3,(H,11,12). The minimum Gasteiger partial charge on any atom is -0.480 e. The monoisotopic (exact) mass is 203 g/mol. The molecule has 2 unspecified atom stereocenters. The highest BCUT2D eigenvalue weighted by Crippen LogP contribution is 2.24. The summed E-state index contributed by atoms with van der Waals surface area (Å²) < 4.78 is 0. The van der Waals surface area contributed by atoms with Crippen LogP contribution >= 0.6 is 11.8 Å². The van der Waals surface area contributed by atoms with E-state index >= 15 is 0 Å². The topological polar surface area (TPSA) is 40.5 Å². The van der Waals surface area contributed by atoms with Crippen LogP contribution < -0.4 is 0 Å². The van der Waals surface area contributed by atoms with E-state index < -0.39 is 5.97 Å². The van der Waals surface area contributed by atoms with Gasteiger partial charge in [-0.25, -0.2) is 0 Å². The van der Waals surface area contributed by atoms with Crippen LogP contribution in [-0.4, -0.2) is 47.1 Å². The van der Waals surface area contributed by atoms with E-state index in [0.717, 1.165) is 6.54 Å². The molecule has 0 spiro atoms. The van der Waals surface area contributed by atoms with Gasteiger partial charge in [-0.15, -0.1) is 0 Å². The smallest absolute Gasteiger partial charge is 0.320 e. The highest BCUT2D eigenvalue weighted by atomic mass is 32.2. The van der Waals surface area contributed by atoms with Crippen LogP contribution in [-0.2, 0) is 4.79 Å². The largest absolute Gasteiger partial charge is 0.480 e. The van der Waals surface area contributed by atoms with Crippen LogP contribution in [0.15, 0.2) is 0 Å². The van der Waals surface area contributed by atoms with Crippen molar-refractivity contribution in [1.29, 1.82) is 0 Å². The molecule has 0 aromatic carbocycles. The summed E-state index contributed by atoms with van der Waals surface area (Å²) in [6.45, 7) is 2.66. The van der Waals surface area contributed by atoms with Gasteiger partial charge in [-0.2, -0.15) is 11.8 Å². The number of carbonyl (C=O) groups is 1. The van der Waals surface area contributed by atoms with Crippen LogP contribution in [0.5, 0.6) is 0 Å². The Labute approximate surface area is 83.5 Å². The molecular weight excluding hydrogens is 186 g/mol. The van der Waals surface area contributed by atoms with Gasteiger partial charge in [-0.3, -0.25) is 9.69 Å². The maximum Gasteiger partial charge on any atom is 0.320 e. The van der Waals surface area contributed by atoms with Crippen LogP contribution in [0.4, 0.5) is 0 Å². The van der Waals surface area contributed by atoms with Crippen LogP contribution in [0.1, 0.15) is 13.3 Å². The summed E-state index contributed by atoms with van der Waals surface area (Å²) in [5.74, 6) is 2.39. The lowest BCUT2D eigenvalue weighted by molar-refractivity contribution is -0.142. The van der Waals surface area contributed by atoms with Gasteiger partial charge < -0.3 is 5.11 Å². The van der Waals surface area contributed by atoms with E-state index in [9.17, 15) is 4.79 Å². The minimum absolute atomic E-state index is 0.356. The molecule has 4 heteroatoms. The normalized spacial score (nSPS) is 25.0. The first-order valence-corrected chi connectivity index (χ1v) is 5.77. The zero-order valence-corrected chi connectivity index (χ0v) is 9.01. The van der Waals surface area contributed by atoms with Crippen molar-refractivity contribution in [3.05, 3.63) is 0 Å². The van der Waals surface area contributed by atoms with E-state index in [0.29, 0.717) is 5.92 Å². The number of hydrogen-bond acceptors (Lipinski definition) is 3. The molecule has 1 aliphatic heterocycles. The molecule has 1 heterocycles. The second-order valence-electron chi connectivity index (χ2n) is 3.68. The Balaban J connectivity index is 2.30. The Morgan fingerprint density at radius 3 is 2.92 bits per heavy atom. The number of likely N-dealkylation sites (N-methyl/N-ethyl adjacent to an activating group) is 1. The molecule has 76 valence electrons. The molecule has 1 aliphatic rings. The lowest BCUT2D eigenvalue weighted by Crippen LogP contribution is -2.38. The summed E-state index contributed by atoms with van der Waals surface area (Å²) >= 11 is 1.97. The van der Waals surface area contributed by atoms with E-state index in [2.05, 4.69) is 0 Å². The second kappa shape index (κ2) is 4.86. The van der Waals surface area contributed by atoms with Crippen molar-refractivity contribution in [3.63, 3.8) is 0 Å². The number of thioether (sulfide) groups is 1. The number of rotatable bonds is 4. The zero-order valence-electron chi connectivity index (χ0n) is 8.19. The third-order valence-electron chi connectivity index (χ3n) is 2.59. The average molecular weight is 203 g/mol. The summed E-state index contributed by atoms with van der Waals surface area (Å²) in [6.07, 6.45) is 1.24. The fourth-order valence-corrected chi connectivity index (χ4v) is 2.75. The molecule has 1 N–H and O–H groups in total. The third kappa shape index (κ3) is 3.19. The lowest BCUT2D eigenvalue weighted by Gasteiger charge is -2.23. The number of nitrogens with zero attached hydrogens (tertiary/aromatic N) is 1. The fourth-order valence-electron chi connectivity index (χ4n) is 1.48. The van der Waals surface area contributed by atoms with Gasteiger partial charge >= 0.3 is 5.97 Å². The van der Waals surface area contributed by atoms with Gasteiger partial charge in [0.15, 0.2) is 0 Å². The van der Waals surface area contributed by atoms with Crippen molar-refractivity contribution < 1.29 is 9.90 Å². The molecule has 0 radical (unpaired) electrons. The van der Waals surface area contributed by atoms with E-state index in [1.807, 2.05) is 23.7 Å². The molecule has 0 aromatic heterocycles. The molecule has 0 aliphatic carbocycles. The van der Waals surface area contributed by atoms with Gasteiger partial charge in [0.2, 0.25) is 0 Å². The number of aliphatic carboxylic acids is 1. The summed E-state index contributed by atoms with van der Waals surface area (Å²) in [4.78, 5) is 12.6. The van der Waals surface area contributed by atoms with E-state index in [-0.39, 0.29) is 6.04 Å². The number of hydrogen-bond donors (Lipinski definition) is 1. The van der Waals surface area contributed by atoms with E-state index in [4.69, 9.17) is 5.11 Å². The summed E-state index contributed by atoms with van der Waals surface area (Å²) in [5.41, 5.74) is 0. The predicted molar refractivity (Wildman–Crippen MR) is 55.2 cm³/mol. The number of carboxylic acids is 1. The second-order valence-corrected chi connectivity index (χ2v) is 4.83. The molecule has 1 fully saturated rings. The van der Waals surface area contributed by atoms with E-state index in [1.165, 1.54) is 17.9 Å². The molecule has 0 aromatic rings. The Hall–Kier alpha value is -0.220. The van der Waals surface area contributed by atoms with Crippen LogP contribution in [0.3, 0.4) is 0 Å². The fraction of sp³-hybridized carbons (Fsp3) is 0.889. The van der Waals surface area contributed by atoms with Gasteiger partial charge in [0.05, 0.1) is 0 Å². The van der Waals surface area contributed by atoms with Crippen molar-refractivity contribution in [2.75, 3.05) is 25.1 Å². The van der Waals surface area contributed by atoms with Crippen LogP contribution in [0.25, 0.3) is 0 Å². The lowest BCUT2D eigenvalue weighted by atomic mass is 10.1. The van der Waals surface area contributed by atoms with Crippen molar-refractivity contribution in [2.45, 2.75) is 19.4 Å². The Kier molecular flexibility index (Phi) is 4.06. The maximum atomic E-state index is 10.7. The molecular formula is C9H17NO2S. The summed E-state index contributed by atoms with van der Waals surface area (Å²) in [7, 11) is 1.89. The number of carboxylic acid groups (broad SMARTS) is 1. The molecule has 1 rings (SSSR count). The van der Waals surface area contributed by atoms with Crippen molar-refractivity contribution in [3.8, 4) is 0 Å². The van der Waals surface area contributed by atoms with Crippen molar-refractivity contribution in [1.82, 2.24) is 4.90 Å². The quantitative estimate of drug-likeness (QED) is 0.744. The molecule has 2 atom stereocenters. The van der Waals surface area contributed by atoms with E-state index in [1.54, 1.807) is 6.92 Å². The van der Waals surface area contributed by atoms with Gasteiger partial charge in [0, 0.05) is 6.54 Å². The summed E-state index contributed by atoms with van der Waals surface area (Å²) in [5, 5.41) is 8.78. The van der Waals surface area contributed by atoms with Crippen molar-refractivity contribution >= 4 is 17.7 Å². The zero-order chi connectivity index (χ0) is 9.84. The first-order valence-electron chi connectivity index (χ1n) is 4.62. The van der Waals surface area contributed by atoms with Gasteiger partial charge in [-0.1, -0.05) is 0 Å². The first kappa shape index (κ1) is 10.9. The summed E-state index contributed by atoms with van der Waals surface area (Å²) in [6, 6.07) is -0.356. The predicted octanol–water partition coefficient (Wildman–Crippen LogP) is 1.14. The van der Waals surface area contributed by atoms with Gasteiger partial charge in [-0.05, 0) is 37.8 Å². The Bertz CT molecular complexity index is 180. The van der Waals surface area contributed by atoms with Crippen LogP contribution in [0.2, 0.25) is 0 Å². The highest BCUT2D eigenvalue weighted by Gasteiger charge is 2.22. The minimum atomic E-state index is -0.729. The maximum absolute atomic E-state index is 10.7. The molecule has 0 bridgehead atoms. The van der Waals surface area contributed by atoms with Crippen LogP contribution in [0, 0.1) is 5.92 Å². The first-order chi connectivity index (χ1) is 6.11. The molecule has 3 nitrogen and oxygen atoms in total. The molecule has 13 heavy (non-hydrogen) atoms. The Morgan fingerprint density at radius 2 is 2.46 bits per heavy atom. The third-order valence-corrected chi connectivity index (χ3v) is 3.82. The van der Waals surface area contributed by atoms with Gasteiger partial charge in [0.25, 0.3) is 0 Å². The SMILES string of the molecule is CC(C(=O)O)N(C)CC1CCSC1. The molecule has 1 saturated heterocycles. The molecule has 0 amide bonds. The Morgan fingerprint density at radius 1 is 1.77 bits per heavy atom. The average Bonchev–Trinajstić information content (AvgIpc) is 2.55. The van der Waals surface area contributed by atoms with Crippen molar-refractivity contribution in [2.24, 2.45) is 5.92 Å². The van der Waals surface area contributed by atoms with Gasteiger partial charge in [0.1, 0.15) is 6.04 Å². The molecule has 0 saturated carbocycles. The highest BCUT2D eigenvalue weighted by molar-refractivity contribution is 7.99.